The summed E-state index contributed by atoms with van der Waals surface area (Å²) in [4.78, 5) is 0. The summed E-state index contributed by atoms with van der Waals surface area (Å²) in [6.45, 7) is 0. The quantitative estimate of drug-likeness (QED) is 0.666. The molecule has 0 aliphatic rings. The Balaban J connectivity index is 1.77. The van der Waals surface area contributed by atoms with Crippen LogP contribution in [0.2, 0.25) is 0 Å². The Hall–Kier alpha value is -6.84. The van der Waals surface area contributed by atoms with Gasteiger partial charge in [-0.2, -0.15) is 0 Å². The predicted molar refractivity (Wildman–Crippen MR) is 148 cm³/mol. The molecule has 0 amide bonds. The lowest BCUT2D eigenvalue weighted by molar-refractivity contribution is 0.475. The van der Waals surface area contributed by atoms with Crippen molar-refractivity contribution >= 4 is 0 Å². The molecule has 0 fully saturated rings. The molecule has 0 bridgehead atoms. The van der Waals surface area contributed by atoms with E-state index >= 15 is 0 Å². The van der Waals surface area contributed by atoms with E-state index < -0.39 is 0 Å². The van der Waals surface area contributed by atoms with Crippen LogP contribution in [0.3, 0.4) is 0 Å². The number of benzene rings is 2. The molecule has 0 saturated carbocycles. The van der Waals surface area contributed by atoms with Crippen molar-refractivity contribution < 1.29 is 9.84 Å². The highest BCUT2D eigenvalue weighted by atomic mass is 16.5. The number of phenols is 1. The van der Waals surface area contributed by atoms with Crippen LogP contribution in [0.1, 0.15) is 17.2 Å². The largest absolute Gasteiger partial charge is 0.508 e. The summed E-state index contributed by atoms with van der Waals surface area (Å²) >= 11 is 0. The molecule has 38 heavy (non-hydrogen) atoms. The van der Waals surface area contributed by atoms with Crippen molar-refractivity contribution in [1.82, 2.24) is 0 Å². The van der Waals surface area contributed by atoms with Crippen LogP contribution in [-0.2, 0) is 0 Å². The average molecular weight is 479 g/mol. The second-order valence-corrected chi connectivity index (χ2v) is 6.36. The lowest BCUT2D eigenvalue weighted by Gasteiger charge is -2.12. The summed E-state index contributed by atoms with van der Waals surface area (Å²) in [6.07, 6.45) is 7.42. The van der Waals surface area contributed by atoms with E-state index in [0.717, 1.165) is 11.1 Å². The molecule has 3 N–H and O–H groups in total. The molecule has 3 nitrogen and oxygen atoms in total. The van der Waals surface area contributed by atoms with Gasteiger partial charge in [-0.25, -0.2) is 0 Å². The molecule has 170 valence electrons. The lowest BCUT2D eigenvalue weighted by atomic mass is 9.99. The molecule has 3 heteroatoms. The molecule has 0 aromatic heterocycles. The predicted octanol–water partition coefficient (Wildman–Crippen LogP) is 2.44. The molecule has 1 unspecified atom stereocenters. The second-order valence-electron chi connectivity index (χ2n) is 6.36. The number of phenolic OH excluding ortho intramolecular Hbond substituents is 1. The number of hydrogen-bond donors (Lipinski definition) is 2. The fraction of sp³-hybridized carbons (Fsp3) is 0.0286. The minimum atomic E-state index is -0.320. The summed E-state index contributed by atoms with van der Waals surface area (Å²) < 4.78 is 5.32. The third-order valence-electron chi connectivity index (χ3n) is 3.91. The fourth-order valence-corrected chi connectivity index (χ4v) is 2.29. The van der Waals surface area contributed by atoms with Gasteiger partial charge in [0.05, 0.1) is 6.04 Å². The SMILES string of the molecule is C#CC#CC#CC#CC#CC#CC#CC#CC#CC#CC#COc1ccc(C(N)c2ccc(O)cc2)cc1. The zero-order valence-electron chi connectivity index (χ0n) is 19.7. The van der Waals surface area contributed by atoms with Crippen LogP contribution in [0.5, 0.6) is 11.5 Å². The van der Waals surface area contributed by atoms with Crippen molar-refractivity contribution in [2.45, 2.75) is 6.04 Å². The van der Waals surface area contributed by atoms with Gasteiger partial charge in [-0.3, -0.25) is 0 Å². The van der Waals surface area contributed by atoms with Gasteiger partial charge in [0.15, 0.2) is 0 Å². The first-order chi connectivity index (χ1) is 18.7. The number of terminal acetylenes is 1. The summed E-state index contributed by atoms with van der Waals surface area (Å²) in [5.74, 6) is 50.2. The summed E-state index contributed by atoms with van der Waals surface area (Å²) in [5.41, 5.74) is 8.03. The van der Waals surface area contributed by atoms with Crippen LogP contribution in [0.25, 0.3) is 0 Å². The molecule has 0 radical (unpaired) electrons. The van der Waals surface area contributed by atoms with Crippen molar-refractivity contribution in [2.75, 3.05) is 0 Å². The van der Waals surface area contributed by atoms with Crippen LogP contribution >= 0.6 is 0 Å². The van der Waals surface area contributed by atoms with Crippen LogP contribution in [0, 0.1) is 131 Å². The fourth-order valence-electron chi connectivity index (χ4n) is 2.29. The third kappa shape index (κ3) is 11.9. The van der Waals surface area contributed by atoms with Gasteiger partial charge in [0, 0.05) is 71.0 Å². The van der Waals surface area contributed by atoms with Crippen molar-refractivity contribution in [3.8, 4) is 142 Å². The van der Waals surface area contributed by atoms with Gasteiger partial charge < -0.3 is 15.6 Å². The van der Waals surface area contributed by atoms with Crippen LogP contribution in [0.15, 0.2) is 48.5 Å². The molecule has 0 spiro atoms. The van der Waals surface area contributed by atoms with Gasteiger partial charge in [-0.15, -0.1) is 6.42 Å². The van der Waals surface area contributed by atoms with E-state index in [4.69, 9.17) is 16.9 Å². The Morgan fingerprint density at radius 2 is 0.868 bits per heavy atom. The molecule has 1 atom stereocenters. The van der Waals surface area contributed by atoms with E-state index in [9.17, 15) is 5.11 Å². The van der Waals surface area contributed by atoms with Gasteiger partial charge >= 0.3 is 0 Å². The minimum absolute atomic E-state index is 0.194. The molecule has 2 rings (SSSR count). The van der Waals surface area contributed by atoms with Crippen molar-refractivity contribution in [3.63, 3.8) is 0 Å². The van der Waals surface area contributed by atoms with Crippen molar-refractivity contribution in [3.05, 3.63) is 59.7 Å². The van der Waals surface area contributed by atoms with Gasteiger partial charge in [0.25, 0.3) is 0 Å². The van der Waals surface area contributed by atoms with Crippen LogP contribution < -0.4 is 10.5 Å². The Morgan fingerprint density at radius 3 is 1.26 bits per heavy atom. The highest BCUT2D eigenvalue weighted by molar-refractivity contribution is 5.47. The Bertz CT molecular complexity index is 1860. The Labute approximate surface area is 223 Å². The molecule has 0 heterocycles. The molecule has 2 aromatic rings. The first-order valence-corrected chi connectivity index (χ1v) is 10.5. The number of ether oxygens (including phenoxy) is 1. The molecule has 0 aliphatic heterocycles. The van der Waals surface area contributed by atoms with E-state index in [-0.39, 0.29) is 11.8 Å². The normalized spacial score (nSPS) is 7.58. The van der Waals surface area contributed by atoms with Crippen LogP contribution in [0.4, 0.5) is 0 Å². The number of aromatic hydroxyl groups is 1. The van der Waals surface area contributed by atoms with Crippen molar-refractivity contribution in [1.29, 1.82) is 0 Å². The van der Waals surface area contributed by atoms with Gasteiger partial charge in [-0.05, 0) is 82.8 Å². The van der Waals surface area contributed by atoms with Crippen molar-refractivity contribution in [2.24, 2.45) is 5.73 Å². The van der Waals surface area contributed by atoms with Gasteiger partial charge in [0.2, 0.25) is 0 Å². The first kappa shape index (κ1) is 27.4. The maximum absolute atomic E-state index is 9.39. The maximum Gasteiger partial charge on any atom is 0.140 e. The smallest absolute Gasteiger partial charge is 0.140 e. The highest BCUT2D eigenvalue weighted by Gasteiger charge is 2.08. The van der Waals surface area contributed by atoms with Crippen LogP contribution in [-0.4, -0.2) is 5.11 Å². The third-order valence-corrected chi connectivity index (χ3v) is 3.91. The van der Waals surface area contributed by atoms with E-state index in [1.165, 1.54) is 0 Å². The topological polar surface area (TPSA) is 55.5 Å². The lowest BCUT2D eigenvalue weighted by Crippen LogP contribution is -2.11. The Kier molecular flexibility index (Phi) is 12.7. The highest BCUT2D eigenvalue weighted by Crippen LogP contribution is 2.23. The average Bonchev–Trinajstić information content (AvgIpc) is 2.94. The molecule has 2 aromatic carbocycles. The summed E-state index contributed by atoms with van der Waals surface area (Å²) in [7, 11) is 0. The van der Waals surface area contributed by atoms with E-state index in [2.05, 4.69) is 125 Å². The zero-order chi connectivity index (χ0) is 27.1. The minimum Gasteiger partial charge on any atom is -0.508 e. The molecular weight excluding hydrogens is 466 g/mol. The Morgan fingerprint density at radius 1 is 0.526 bits per heavy atom. The molecule has 0 aliphatic carbocycles. The zero-order valence-corrected chi connectivity index (χ0v) is 19.7. The first-order valence-electron chi connectivity index (χ1n) is 10.5. The molecular formula is C35H13NO2. The van der Waals surface area contributed by atoms with E-state index in [0.29, 0.717) is 5.75 Å². The summed E-state index contributed by atoms with van der Waals surface area (Å²) in [5, 5.41) is 9.39. The van der Waals surface area contributed by atoms with Gasteiger partial charge in [0.1, 0.15) is 17.6 Å². The van der Waals surface area contributed by atoms with E-state index in [1.54, 1.807) is 36.4 Å². The van der Waals surface area contributed by atoms with E-state index in [1.807, 2.05) is 12.1 Å². The second kappa shape index (κ2) is 17.6. The maximum atomic E-state index is 9.39. The number of rotatable bonds is 3. The number of nitrogens with two attached hydrogens (primary N) is 1. The monoisotopic (exact) mass is 479 g/mol. The number of hydrogen-bond acceptors (Lipinski definition) is 3. The van der Waals surface area contributed by atoms with Gasteiger partial charge in [-0.1, -0.05) is 24.3 Å². The molecule has 0 saturated heterocycles. The standard InChI is InChI=1S/C35H13NO2/c1-2-3-4-5-6-7-8-9-10-11-12-13-14-15-16-17-18-19-20-21-30-38-34-28-24-32(25-29-34)35(36)31-22-26-33(37)27-23-31/h1,22-29,35,37H,36H2. The summed E-state index contributed by atoms with van der Waals surface area (Å²) in [6, 6.07) is 13.7.